The summed E-state index contributed by atoms with van der Waals surface area (Å²) < 4.78 is 0. The molecular weight excluding hydrogens is 282 g/mol. The number of carbonyl (C=O) groups excluding carboxylic acids is 2. The number of thiophene rings is 1. The number of benzene rings is 1. The molecule has 0 saturated heterocycles. The molecule has 0 saturated carbocycles. The minimum Gasteiger partial charge on any atom is -0.355 e. The molecule has 4 heteroatoms. The van der Waals surface area contributed by atoms with E-state index in [-0.39, 0.29) is 11.7 Å². The molecule has 0 aliphatic rings. The molecule has 0 fully saturated rings. The van der Waals surface area contributed by atoms with E-state index in [2.05, 4.69) is 5.32 Å². The molecule has 0 spiro atoms. The highest BCUT2D eigenvalue weighted by atomic mass is 32.1. The van der Waals surface area contributed by atoms with Gasteiger partial charge in [0.2, 0.25) is 5.91 Å². The van der Waals surface area contributed by atoms with E-state index in [1.165, 1.54) is 11.3 Å². The monoisotopic (exact) mass is 301 g/mol. The van der Waals surface area contributed by atoms with E-state index in [9.17, 15) is 9.59 Å². The highest BCUT2D eigenvalue weighted by molar-refractivity contribution is 7.14. The summed E-state index contributed by atoms with van der Waals surface area (Å²) in [6.45, 7) is 4.19. The number of rotatable bonds is 6. The Balaban J connectivity index is 1.77. The molecule has 3 nitrogen and oxygen atoms in total. The smallest absolute Gasteiger partial charge is 0.224 e. The van der Waals surface area contributed by atoms with E-state index in [0.717, 1.165) is 27.3 Å². The Kier molecular flexibility index (Phi) is 5.28. The molecule has 0 unspecified atom stereocenters. The second-order valence-corrected chi connectivity index (χ2v) is 6.26. The van der Waals surface area contributed by atoms with Crippen LogP contribution in [-0.4, -0.2) is 18.2 Å². The summed E-state index contributed by atoms with van der Waals surface area (Å²) in [7, 11) is 0. The average Bonchev–Trinajstić information content (AvgIpc) is 2.87. The van der Waals surface area contributed by atoms with Crippen LogP contribution in [-0.2, 0) is 17.6 Å². The summed E-state index contributed by atoms with van der Waals surface area (Å²) in [4.78, 5) is 25.0. The van der Waals surface area contributed by atoms with Crippen molar-refractivity contribution in [1.82, 2.24) is 5.32 Å². The lowest BCUT2D eigenvalue weighted by atomic mass is 10.1. The Morgan fingerprint density at radius 1 is 1.19 bits per heavy atom. The number of carbonyl (C=O) groups is 2. The van der Waals surface area contributed by atoms with E-state index >= 15 is 0 Å². The highest BCUT2D eigenvalue weighted by Crippen LogP contribution is 2.17. The topological polar surface area (TPSA) is 46.2 Å². The molecule has 2 aromatic rings. The predicted molar refractivity (Wildman–Crippen MR) is 85.9 cm³/mol. The number of aryl methyl sites for hydroxylation is 1. The van der Waals surface area contributed by atoms with Crippen LogP contribution >= 0.6 is 11.3 Å². The first-order valence-electron chi connectivity index (χ1n) is 6.96. The summed E-state index contributed by atoms with van der Waals surface area (Å²) >= 11 is 1.50. The molecule has 1 aromatic carbocycles. The van der Waals surface area contributed by atoms with Gasteiger partial charge in [0, 0.05) is 11.4 Å². The normalized spacial score (nSPS) is 10.4. The van der Waals surface area contributed by atoms with Gasteiger partial charge in [-0.25, -0.2) is 0 Å². The largest absolute Gasteiger partial charge is 0.355 e. The lowest BCUT2D eigenvalue weighted by Gasteiger charge is -2.05. The second kappa shape index (κ2) is 7.18. The molecule has 0 radical (unpaired) electrons. The molecule has 2 rings (SSSR count). The zero-order valence-electron chi connectivity index (χ0n) is 12.3. The molecule has 110 valence electrons. The highest BCUT2D eigenvalue weighted by Gasteiger charge is 2.06. The van der Waals surface area contributed by atoms with Crippen LogP contribution in [0.25, 0.3) is 0 Å². The quantitative estimate of drug-likeness (QED) is 0.833. The molecule has 1 N–H and O–H groups in total. The van der Waals surface area contributed by atoms with Crippen molar-refractivity contribution in [2.75, 3.05) is 6.54 Å². The van der Waals surface area contributed by atoms with E-state index in [1.54, 1.807) is 6.92 Å². The number of hydrogen-bond donors (Lipinski definition) is 1. The van der Waals surface area contributed by atoms with Crippen LogP contribution in [0.1, 0.15) is 32.6 Å². The second-order valence-electron chi connectivity index (χ2n) is 5.09. The Morgan fingerprint density at radius 2 is 2.00 bits per heavy atom. The van der Waals surface area contributed by atoms with Gasteiger partial charge in [-0.05, 0) is 38.0 Å². The van der Waals surface area contributed by atoms with E-state index in [4.69, 9.17) is 0 Å². The molecule has 1 heterocycles. The van der Waals surface area contributed by atoms with Crippen LogP contribution in [0.3, 0.4) is 0 Å². The standard InChI is InChI=1S/C17H19NO2S/c1-12-4-3-5-14(10-12)11-17(20)18-9-8-15-6-7-16(21-15)13(2)19/h3-7,10H,8-9,11H2,1-2H3,(H,18,20). The molecule has 0 bridgehead atoms. The number of ketones is 1. The van der Waals surface area contributed by atoms with Crippen molar-refractivity contribution in [2.45, 2.75) is 26.7 Å². The first-order valence-corrected chi connectivity index (χ1v) is 7.78. The van der Waals surface area contributed by atoms with Gasteiger partial charge < -0.3 is 5.32 Å². The fraction of sp³-hybridized carbons (Fsp3) is 0.294. The van der Waals surface area contributed by atoms with Crippen LogP contribution in [0.15, 0.2) is 36.4 Å². The Morgan fingerprint density at radius 3 is 2.67 bits per heavy atom. The summed E-state index contributed by atoms with van der Waals surface area (Å²) in [5.74, 6) is 0.124. The maximum absolute atomic E-state index is 11.9. The fourth-order valence-corrected chi connectivity index (χ4v) is 3.00. The summed E-state index contributed by atoms with van der Waals surface area (Å²) in [6, 6.07) is 11.8. The molecule has 0 aliphatic heterocycles. The van der Waals surface area contributed by atoms with Gasteiger partial charge in [-0.2, -0.15) is 0 Å². The number of Topliss-reactive ketones (excluding diaryl/α,β-unsaturated/α-hetero) is 1. The fourth-order valence-electron chi connectivity index (χ4n) is 2.10. The minimum absolute atomic E-state index is 0.0314. The third-order valence-electron chi connectivity index (χ3n) is 3.15. The van der Waals surface area contributed by atoms with Crippen LogP contribution in [0.5, 0.6) is 0 Å². The van der Waals surface area contributed by atoms with Crippen molar-refractivity contribution in [3.05, 3.63) is 57.3 Å². The minimum atomic E-state index is 0.0314. The maximum atomic E-state index is 11.9. The van der Waals surface area contributed by atoms with E-state index < -0.39 is 0 Å². The number of amides is 1. The number of nitrogens with one attached hydrogen (secondary N) is 1. The Hall–Kier alpha value is -1.94. The van der Waals surface area contributed by atoms with Gasteiger partial charge in [-0.1, -0.05) is 29.8 Å². The number of hydrogen-bond acceptors (Lipinski definition) is 3. The third-order valence-corrected chi connectivity index (χ3v) is 4.40. The summed E-state index contributed by atoms with van der Waals surface area (Å²) in [5.41, 5.74) is 2.19. The predicted octanol–water partition coefficient (Wildman–Crippen LogP) is 3.16. The van der Waals surface area contributed by atoms with Crippen molar-refractivity contribution in [3.63, 3.8) is 0 Å². The van der Waals surface area contributed by atoms with E-state index in [0.29, 0.717) is 13.0 Å². The molecule has 0 atom stereocenters. The van der Waals surface area contributed by atoms with Crippen molar-refractivity contribution < 1.29 is 9.59 Å². The van der Waals surface area contributed by atoms with Crippen molar-refractivity contribution >= 4 is 23.0 Å². The summed E-state index contributed by atoms with van der Waals surface area (Å²) in [6.07, 6.45) is 1.17. The Bertz CT molecular complexity index is 646. The molecular formula is C17H19NO2S. The van der Waals surface area contributed by atoms with E-state index in [1.807, 2.05) is 43.3 Å². The van der Waals surface area contributed by atoms with Crippen molar-refractivity contribution in [2.24, 2.45) is 0 Å². The van der Waals surface area contributed by atoms with Crippen LogP contribution < -0.4 is 5.32 Å². The first-order chi connectivity index (χ1) is 10.0. The first kappa shape index (κ1) is 15.4. The molecule has 0 aliphatic carbocycles. The van der Waals surface area contributed by atoms with Gasteiger partial charge in [0.1, 0.15) is 0 Å². The zero-order chi connectivity index (χ0) is 15.2. The van der Waals surface area contributed by atoms with Gasteiger partial charge in [0.15, 0.2) is 5.78 Å². The van der Waals surface area contributed by atoms with Gasteiger partial charge in [-0.3, -0.25) is 9.59 Å². The summed E-state index contributed by atoms with van der Waals surface area (Å²) in [5, 5.41) is 2.92. The van der Waals surface area contributed by atoms with Crippen LogP contribution in [0, 0.1) is 6.92 Å². The van der Waals surface area contributed by atoms with Crippen molar-refractivity contribution in [3.8, 4) is 0 Å². The maximum Gasteiger partial charge on any atom is 0.224 e. The molecule has 21 heavy (non-hydrogen) atoms. The van der Waals surface area contributed by atoms with Crippen molar-refractivity contribution in [1.29, 1.82) is 0 Å². The lowest BCUT2D eigenvalue weighted by Crippen LogP contribution is -2.27. The molecule has 1 aromatic heterocycles. The van der Waals surface area contributed by atoms with Gasteiger partial charge >= 0.3 is 0 Å². The molecule has 1 amide bonds. The van der Waals surface area contributed by atoms with Gasteiger partial charge in [0.25, 0.3) is 0 Å². The lowest BCUT2D eigenvalue weighted by molar-refractivity contribution is -0.120. The Labute approximate surface area is 129 Å². The van der Waals surface area contributed by atoms with Crippen LogP contribution in [0.2, 0.25) is 0 Å². The average molecular weight is 301 g/mol. The van der Waals surface area contributed by atoms with Gasteiger partial charge in [0.05, 0.1) is 11.3 Å². The third kappa shape index (κ3) is 4.83. The van der Waals surface area contributed by atoms with Gasteiger partial charge in [-0.15, -0.1) is 11.3 Å². The zero-order valence-corrected chi connectivity index (χ0v) is 13.1. The SMILES string of the molecule is CC(=O)c1ccc(CCNC(=O)Cc2cccc(C)c2)s1. The van der Waals surface area contributed by atoms with Crippen LogP contribution in [0.4, 0.5) is 0 Å².